The van der Waals surface area contributed by atoms with Crippen molar-refractivity contribution in [2.24, 2.45) is 0 Å². The Labute approximate surface area is 148 Å². The number of hydrogen-bond acceptors (Lipinski definition) is 4. The predicted octanol–water partition coefficient (Wildman–Crippen LogP) is 3.33. The maximum atomic E-state index is 12.0. The minimum Gasteiger partial charge on any atom is -0.508 e. The van der Waals surface area contributed by atoms with Gasteiger partial charge < -0.3 is 15.7 Å². The zero-order valence-corrected chi connectivity index (χ0v) is 14.4. The van der Waals surface area contributed by atoms with Gasteiger partial charge in [0.15, 0.2) is 0 Å². The molecule has 2 aromatic rings. The van der Waals surface area contributed by atoms with E-state index in [1.807, 2.05) is 30.3 Å². The molecule has 2 aromatic carbocycles. The SMILES string of the molecule is N#C/C(=C/NCCc1cccc(Br)c1)C(=O)Nc1ccc(O)cc1. The van der Waals surface area contributed by atoms with Crippen LogP contribution in [0, 0.1) is 11.3 Å². The van der Waals surface area contributed by atoms with Gasteiger partial charge in [-0.1, -0.05) is 28.1 Å². The summed E-state index contributed by atoms with van der Waals surface area (Å²) in [6.45, 7) is 0.605. The number of nitriles is 1. The van der Waals surface area contributed by atoms with E-state index in [1.165, 1.54) is 18.3 Å². The number of nitrogens with zero attached hydrogens (tertiary/aromatic N) is 1. The summed E-state index contributed by atoms with van der Waals surface area (Å²) in [6, 6.07) is 15.9. The number of aromatic hydroxyl groups is 1. The first-order chi connectivity index (χ1) is 11.6. The number of carbonyl (C=O) groups is 1. The fourth-order valence-electron chi connectivity index (χ4n) is 1.97. The molecule has 2 rings (SSSR count). The number of benzene rings is 2. The second-order valence-corrected chi connectivity index (χ2v) is 5.92. The number of halogens is 1. The average molecular weight is 386 g/mol. The molecule has 0 heterocycles. The smallest absolute Gasteiger partial charge is 0.267 e. The number of amides is 1. The molecule has 0 aliphatic heterocycles. The topological polar surface area (TPSA) is 85.2 Å². The summed E-state index contributed by atoms with van der Waals surface area (Å²) in [5.41, 5.74) is 1.64. The molecule has 0 saturated carbocycles. The first kappa shape index (κ1) is 17.6. The summed E-state index contributed by atoms with van der Waals surface area (Å²) in [5.74, 6) is -0.392. The number of nitrogens with one attached hydrogen (secondary N) is 2. The normalized spacial score (nSPS) is 10.8. The lowest BCUT2D eigenvalue weighted by Crippen LogP contribution is -2.17. The van der Waals surface area contributed by atoms with Crippen LogP contribution in [0.4, 0.5) is 5.69 Å². The van der Waals surface area contributed by atoms with Gasteiger partial charge in [-0.3, -0.25) is 4.79 Å². The number of anilines is 1. The van der Waals surface area contributed by atoms with Crippen LogP contribution in [-0.2, 0) is 11.2 Å². The van der Waals surface area contributed by atoms with Crippen LogP contribution in [-0.4, -0.2) is 17.6 Å². The van der Waals surface area contributed by atoms with Gasteiger partial charge in [0.2, 0.25) is 0 Å². The molecule has 0 bridgehead atoms. The van der Waals surface area contributed by atoms with Crippen LogP contribution < -0.4 is 10.6 Å². The Kier molecular flexibility index (Phi) is 6.41. The predicted molar refractivity (Wildman–Crippen MR) is 96.3 cm³/mol. The zero-order chi connectivity index (χ0) is 17.4. The standard InChI is InChI=1S/C18H16BrN3O2/c19-15-3-1-2-13(10-15)8-9-21-12-14(11-20)18(24)22-16-4-6-17(23)7-5-16/h1-7,10,12,21,23H,8-9H2,(H,22,24)/b14-12-. The maximum absolute atomic E-state index is 12.0. The molecule has 0 unspecified atom stereocenters. The Bertz CT molecular complexity index is 780. The number of phenolic OH excluding ortho intramolecular Hbond substituents is 1. The minimum atomic E-state index is -0.502. The lowest BCUT2D eigenvalue weighted by Gasteiger charge is -2.06. The van der Waals surface area contributed by atoms with Gasteiger partial charge in [0, 0.05) is 22.9 Å². The molecule has 0 aromatic heterocycles. The van der Waals surface area contributed by atoms with E-state index in [9.17, 15) is 9.90 Å². The molecule has 122 valence electrons. The highest BCUT2D eigenvalue weighted by atomic mass is 79.9. The third-order valence-electron chi connectivity index (χ3n) is 3.18. The number of rotatable bonds is 6. The van der Waals surface area contributed by atoms with E-state index in [0.717, 1.165) is 16.5 Å². The molecule has 0 radical (unpaired) electrons. The molecule has 5 nitrogen and oxygen atoms in total. The highest BCUT2D eigenvalue weighted by molar-refractivity contribution is 9.10. The van der Waals surface area contributed by atoms with Crippen LogP contribution >= 0.6 is 15.9 Å². The summed E-state index contributed by atoms with van der Waals surface area (Å²) in [5, 5.41) is 23.9. The second-order valence-electron chi connectivity index (χ2n) is 5.00. The van der Waals surface area contributed by atoms with E-state index in [0.29, 0.717) is 12.2 Å². The molecule has 3 N–H and O–H groups in total. The van der Waals surface area contributed by atoms with Crippen molar-refractivity contribution in [1.82, 2.24) is 5.32 Å². The first-order valence-electron chi connectivity index (χ1n) is 7.27. The van der Waals surface area contributed by atoms with Crippen molar-refractivity contribution < 1.29 is 9.90 Å². The Balaban J connectivity index is 1.87. The fourth-order valence-corrected chi connectivity index (χ4v) is 2.42. The minimum absolute atomic E-state index is 0.0164. The van der Waals surface area contributed by atoms with Gasteiger partial charge in [-0.25, -0.2) is 0 Å². The summed E-state index contributed by atoms with van der Waals surface area (Å²) < 4.78 is 1.02. The van der Waals surface area contributed by atoms with Crippen molar-refractivity contribution in [2.45, 2.75) is 6.42 Å². The van der Waals surface area contributed by atoms with Crippen LogP contribution in [0.25, 0.3) is 0 Å². The molecule has 0 atom stereocenters. The Morgan fingerprint density at radius 2 is 2.00 bits per heavy atom. The number of phenols is 1. The molecular weight excluding hydrogens is 370 g/mol. The molecular formula is C18H16BrN3O2. The van der Waals surface area contributed by atoms with Crippen molar-refractivity contribution in [1.29, 1.82) is 5.26 Å². The molecule has 6 heteroatoms. The number of carbonyl (C=O) groups excluding carboxylic acids is 1. The van der Waals surface area contributed by atoms with Crippen molar-refractivity contribution in [2.75, 3.05) is 11.9 Å². The van der Waals surface area contributed by atoms with E-state index in [2.05, 4.69) is 26.6 Å². The van der Waals surface area contributed by atoms with Gasteiger partial charge in [0.1, 0.15) is 17.4 Å². The van der Waals surface area contributed by atoms with E-state index in [4.69, 9.17) is 5.26 Å². The van der Waals surface area contributed by atoms with Crippen molar-refractivity contribution >= 4 is 27.5 Å². The van der Waals surface area contributed by atoms with Gasteiger partial charge in [0.05, 0.1) is 0 Å². The Morgan fingerprint density at radius 1 is 1.25 bits per heavy atom. The number of hydrogen-bond donors (Lipinski definition) is 3. The summed E-state index contributed by atoms with van der Waals surface area (Å²) in [7, 11) is 0. The van der Waals surface area contributed by atoms with Crippen LogP contribution in [0.3, 0.4) is 0 Å². The molecule has 0 spiro atoms. The lowest BCUT2D eigenvalue weighted by molar-refractivity contribution is -0.112. The van der Waals surface area contributed by atoms with Crippen molar-refractivity contribution in [3.63, 3.8) is 0 Å². The Morgan fingerprint density at radius 3 is 2.67 bits per heavy atom. The molecule has 1 amide bonds. The van der Waals surface area contributed by atoms with E-state index in [-0.39, 0.29) is 11.3 Å². The van der Waals surface area contributed by atoms with Gasteiger partial charge in [-0.2, -0.15) is 5.26 Å². The van der Waals surface area contributed by atoms with Crippen molar-refractivity contribution in [3.8, 4) is 11.8 Å². The summed E-state index contributed by atoms with van der Waals surface area (Å²) >= 11 is 3.42. The largest absolute Gasteiger partial charge is 0.508 e. The van der Waals surface area contributed by atoms with E-state index < -0.39 is 5.91 Å². The third-order valence-corrected chi connectivity index (χ3v) is 3.68. The maximum Gasteiger partial charge on any atom is 0.267 e. The molecule has 0 saturated heterocycles. The van der Waals surface area contributed by atoms with Crippen LogP contribution in [0.15, 0.2) is 64.8 Å². The molecule has 0 aliphatic rings. The average Bonchev–Trinajstić information content (AvgIpc) is 2.57. The molecule has 0 fully saturated rings. The third kappa shape index (κ3) is 5.45. The fraction of sp³-hybridized carbons (Fsp3) is 0.111. The van der Waals surface area contributed by atoms with Crippen molar-refractivity contribution in [3.05, 3.63) is 70.3 Å². The highest BCUT2D eigenvalue weighted by Gasteiger charge is 2.09. The van der Waals surface area contributed by atoms with Crippen LogP contribution in [0.2, 0.25) is 0 Å². The quantitative estimate of drug-likeness (QED) is 0.308. The summed E-state index contributed by atoms with van der Waals surface area (Å²) in [4.78, 5) is 12.0. The van der Waals surface area contributed by atoms with E-state index >= 15 is 0 Å². The zero-order valence-electron chi connectivity index (χ0n) is 12.8. The monoisotopic (exact) mass is 385 g/mol. The first-order valence-corrected chi connectivity index (χ1v) is 8.06. The Hall–Kier alpha value is -2.78. The van der Waals surface area contributed by atoms with Gasteiger partial charge >= 0.3 is 0 Å². The second kappa shape index (κ2) is 8.75. The van der Waals surface area contributed by atoms with Gasteiger partial charge in [0.25, 0.3) is 5.91 Å². The van der Waals surface area contributed by atoms with Gasteiger partial charge in [-0.15, -0.1) is 0 Å². The summed E-state index contributed by atoms with van der Waals surface area (Å²) in [6.07, 6.45) is 2.18. The molecule has 0 aliphatic carbocycles. The van der Waals surface area contributed by atoms with E-state index in [1.54, 1.807) is 12.1 Å². The molecule has 24 heavy (non-hydrogen) atoms. The van der Waals surface area contributed by atoms with Gasteiger partial charge in [-0.05, 0) is 48.4 Å². The van der Waals surface area contributed by atoms with Crippen LogP contribution in [0.1, 0.15) is 5.56 Å². The van der Waals surface area contributed by atoms with Crippen LogP contribution in [0.5, 0.6) is 5.75 Å². The lowest BCUT2D eigenvalue weighted by atomic mass is 10.1. The highest BCUT2D eigenvalue weighted by Crippen LogP contribution is 2.14.